The minimum Gasteiger partial charge on any atom is -0.462 e. The number of aliphatic imine (C=N–C) groups is 1. The highest BCUT2D eigenvalue weighted by Crippen LogP contribution is 2.29. The molecular formula is C23H25N3O4S. The number of ether oxygens (including phenoxy) is 1. The number of carbonyl (C=O) groups is 3. The van der Waals surface area contributed by atoms with Gasteiger partial charge in [-0.05, 0) is 43.2 Å². The van der Waals surface area contributed by atoms with Gasteiger partial charge in [0.05, 0.1) is 23.1 Å². The molecule has 0 saturated carbocycles. The SMILES string of the molecule is CCOC(=O)c1ccc(N=C2SC(C(=O)NC)CC(=O)N2CCc2ccccc2)cc1. The number of hydrogen-bond acceptors (Lipinski definition) is 6. The topological polar surface area (TPSA) is 88.1 Å². The van der Waals surface area contributed by atoms with Crippen LogP contribution in [0.1, 0.15) is 29.3 Å². The summed E-state index contributed by atoms with van der Waals surface area (Å²) in [4.78, 5) is 43.1. The summed E-state index contributed by atoms with van der Waals surface area (Å²) in [5, 5.41) is 2.56. The van der Waals surface area contributed by atoms with Crippen molar-refractivity contribution < 1.29 is 19.1 Å². The number of carbonyl (C=O) groups excluding carboxylic acids is 3. The molecule has 1 unspecified atom stereocenters. The van der Waals surface area contributed by atoms with E-state index in [-0.39, 0.29) is 18.2 Å². The fraction of sp³-hybridized carbons (Fsp3) is 0.304. The van der Waals surface area contributed by atoms with Crippen LogP contribution in [0.15, 0.2) is 59.6 Å². The lowest BCUT2D eigenvalue weighted by atomic mass is 10.1. The molecule has 0 bridgehead atoms. The second-order valence-electron chi connectivity index (χ2n) is 6.87. The van der Waals surface area contributed by atoms with Gasteiger partial charge in [-0.25, -0.2) is 9.79 Å². The molecule has 1 aliphatic rings. The summed E-state index contributed by atoms with van der Waals surface area (Å²) in [6.45, 7) is 2.53. The molecule has 1 saturated heterocycles. The average Bonchev–Trinajstić information content (AvgIpc) is 2.79. The van der Waals surface area contributed by atoms with Gasteiger partial charge in [0, 0.05) is 20.0 Å². The normalized spacial score (nSPS) is 17.5. The summed E-state index contributed by atoms with van der Waals surface area (Å²) in [5.74, 6) is -0.732. The Bertz CT molecular complexity index is 961. The van der Waals surface area contributed by atoms with Crippen molar-refractivity contribution in [3.63, 3.8) is 0 Å². The highest BCUT2D eigenvalue weighted by molar-refractivity contribution is 8.15. The van der Waals surface area contributed by atoms with Gasteiger partial charge in [0.1, 0.15) is 0 Å². The van der Waals surface area contributed by atoms with Crippen LogP contribution in [0.4, 0.5) is 5.69 Å². The zero-order chi connectivity index (χ0) is 22.2. The predicted octanol–water partition coefficient (Wildman–Crippen LogP) is 3.17. The smallest absolute Gasteiger partial charge is 0.338 e. The molecule has 2 aromatic rings. The fourth-order valence-electron chi connectivity index (χ4n) is 3.10. The van der Waals surface area contributed by atoms with E-state index in [0.717, 1.165) is 5.56 Å². The molecule has 0 aliphatic carbocycles. The molecule has 162 valence electrons. The summed E-state index contributed by atoms with van der Waals surface area (Å²) in [7, 11) is 1.56. The average molecular weight is 440 g/mol. The molecule has 7 nitrogen and oxygen atoms in total. The Morgan fingerprint density at radius 2 is 1.87 bits per heavy atom. The maximum atomic E-state index is 12.9. The molecule has 1 aliphatic heterocycles. The van der Waals surface area contributed by atoms with Gasteiger partial charge in [0.2, 0.25) is 11.8 Å². The van der Waals surface area contributed by atoms with Gasteiger partial charge in [0.15, 0.2) is 5.17 Å². The van der Waals surface area contributed by atoms with Crippen LogP contribution in [0.3, 0.4) is 0 Å². The number of benzene rings is 2. The minimum absolute atomic E-state index is 0.125. The number of esters is 1. The molecule has 3 rings (SSSR count). The molecule has 0 aromatic heterocycles. The third kappa shape index (κ3) is 5.95. The number of amidine groups is 1. The number of rotatable bonds is 7. The van der Waals surface area contributed by atoms with Crippen LogP contribution in [0, 0.1) is 0 Å². The predicted molar refractivity (Wildman–Crippen MR) is 121 cm³/mol. The van der Waals surface area contributed by atoms with E-state index in [1.165, 1.54) is 11.8 Å². The summed E-state index contributed by atoms with van der Waals surface area (Å²) in [6, 6.07) is 16.6. The van der Waals surface area contributed by atoms with E-state index in [4.69, 9.17) is 4.74 Å². The quantitative estimate of drug-likeness (QED) is 0.670. The maximum absolute atomic E-state index is 12.9. The number of nitrogens with one attached hydrogen (secondary N) is 1. The van der Waals surface area contributed by atoms with E-state index >= 15 is 0 Å². The van der Waals surface area contributed by atoms with E-state index in [2.05, 4.69) is 10.3 Å². The van der Waals surface area contributed by atoms with Crippen LogP contribution in [-0.4, -0.2) is 53.3 Å². The molecule has 1 N–H and O–H groups in total. The second-order valence-corrected chi connectivity index (χ2v) is 8.04. The van der Waals surface area contributed by atoms with Crippen molar-refractivity contribution in [3.8, 4) is 0 Å². The van der Waals surface area contributed by atoms with Gasteiger partial charge >= 0.3 is 5.97 Å². The first kappa shape index (κ1) is 22.6. The maximum Gasteiger partial charge on any atom is 0.338 e. The molecule has 0 spiro atoms. The van der Waals surface area contributed by atoms with Crippen molar-refractivity contribution >= 4 is 40.4 Å². The van der Waals surface area contributed by atoms with Gasteiger partial charge in [-0.3, -0.25) is 14.5 Å². The zero-order valence-electron chi connectivity index (χ0n) is 17.5. The third-order valence-corrected chi connectivity index (χ3v) is 5.94. The molecule has 1 atom stereocenters. The van der Waals surface area contributed by atoms with Crippen molar-refractivity contribution in [1.29, 1.82) is 0 Å². The highest BCUT2D eigenvalue weighted by Gasteiger charge is 2.35. The Morgan fingerprint density at radius 3 is 2.52 bits per heavy atom. The first-order valence-electron chi connectivity index (χ1n) is 10.1. The molecular weight excluding hydrogens is 414 g/mol. The van der Waals surface area contributed by atoms with Crippen LogP contribution in [-0.2, 0) is 20.7 Å². The van der Waals surface area contributed by atoms with Gasteiger partial charge in [-0.15, -0.1) is 0 Å². The molecule has 2 aromatic carbocycles. The van der Waals surface area contributed by atoms with E-state index in [1.54, 1.807) is 43.1 Å². The molecule has 31 heavy (non-hydrogen) atoms. The van der Waals surface area contributed by atoms with E-state index in [0.29, 0.717) is 36.0 Å². The van der Waals surface area contributed by atoms with Crippen molar-refractivity contribution in [2.75, 3.05) is 20.2 Å². The number of nitrogens with zero attached hydrogens (tertiary/aromatic N) is 2. The Balaban J connectivity index is 1.83. The van der Waals surface area contributed by atoms with Gasteiger partial charge < -0.3 is 10.1 Å². The summed E-state index contributed by atoms with van der Waals surface area (Å²) in [5.41, 5.74) is 2.14. The fourth-order valence-corrected chi connectivity index (χ4v) is 4.29. The Morgan fingerprint density at radius 1 is 1.16 bits per heavy atom. The van der Waals surface area contributed by atoms with Gasteiger partial charge in [0.25, 0.3) is 0 Å². The van der Waals surface area contributed by atoms with E-state index in [9.17, 15) is 14.4 Å². The lowest BCUT2D eigenvalue weighted by Crippen LogP contribution is -2.46. The van der Waals surface area contributed by atoms with Gasteiger partial charge in [-0.1, -0.05) is 42.1 Å². The van der Waals surface area contributed by atoms with Gasteiger partial charge in [-0.2, -0.15) is 0 Å². The van der Waals surface area contributed by atoms with Crippen LogP contribution in [0.2, 0.25) is 0 Å². The Labute approximate surface area is 185 Å². The van der Waals surface area contributed by atoms with Crippen molar-refractivity contribution in [2.45, 2.75) is 25.0 Å². The largest absolute Gasteiger partial charge is 0.462 e. The molecule has 0 radical (unpaired) electrons. The Hall–Kier alpha value is -3.13. The Kier molecular flexibility index (Phi) is 7.83. The minimum atomic E-state index is -0.525. The zero-order valence-corrected chi connectivity index (χ0v) is 18.4. The summed E-state index contributed by atoms with van der Waals surface area (Å²) in [6.07, 6.45) is 0.804. The first-order chi connectivity index (χ1) is 15.0. The van der Waals surface area contributed by atoms with E-state index in [1.807, 2.05) is 30.3 Å². The third-order valence-electron chi connectivity index (χ3n) is 4.75. The van der Waals surface area contributed by atoms with Crippen LogP contribution < -0.4 is 5.32 Å². The molecule has 1 fully saturated rings. The lowest BCUT2D eigenvalue weighted by Gasteiger charge is -2.31. The van der Waals surface area contributed by atoms with Crippen molar-refractivity contribution in [2.24, 2.45) is 4.99 Å². The molecule has 1 heterocycles. The highest BCUT2D eigenvalue weighted by atomic mass is 32.2. The molecule has 8 heteroatoms. The van der Waals surface area contributed by atoms with Crippen molar-refractivity contribution in [3.05, 3.63) is 65.7 Å². The number of thioether (sulfide) groups is 1. The first-order valence-corrected chi connectivity index (χ1v) is 11.0. The monoisotopic (exact) mass is 439 g/mol. The van der Waals surface area contributed by atoms with Crippen molar-refractivity contribution in [1.82, 2.24) is 10.2 Å². The van der Waals surface area contributed by atoms with Crippen LogP contribution in [0.25, 0.3) is 0 Å². The summed E-state index contributed by atoms with van der Waals surface area (Å²) < 4.78 is 5.00. The summed E-state index contributed by atoms with van der Waals surface area (Å²) >= 11 is 1.28. The lowest BCUT2D eigenvalue weighted by molar-refractivity contribution is -0.130. The molecule has 2 amide bonds. The second kappa shape index (κ2) is 10.8. The van der Waals surface area contributed by atoms with E-state index < -0.39 is 11.2 Å². The number of hydrogen-bond donors (Lipinski definition) is 1. The standard InChI is InChI=1S/C23H25N3O4S/c1-3-30-22(29)17-9-11-18(12-10-17)25-23-26(14-13-16-7-5-4-6-8-16)20(27)15-19(31-23)21(28)24-2/h4-12,19H,3,13-15H2,1-2H3,(H,24,28). The number of amides is 2. The van der Waals surface area contributed by atoms with Crippen LogP contribution in [0.5, 0.6) is 0 Å². The van der Waals surface area contributed by atoms with Crippen LogP contribution >= 0.6 is 11.8 Å².